The lowest BCUT2D eigenvalue weighted by molar-refractivity contribution is -0.117. The average molecular weight is 326 g/mol. The highest BCUT2D eigenvalue weighted by Gasteiger charge is 2.17. The van der Waals surface area contributed by atoms with Crippen LogP contribution in [0.3, 0.4) is 0 Å². The molecule has 6 heteroatoms. The summed E-state index contributed by atoms with van der Waals surface area (Å²) in [6, 6.07) is 6.44. The standard InChI is InChI=1S/C16H23N3O2.ClH/c1-12(17)15(20)18-14-8-6-13(7-9-14)16(21)19-10-4-2-3-5-11-19;/h6-9,12H,2-5,10-11,17H2,1H3,(H,18,20);1H/t12-;/m0./s1. The van der Waals surface area contributed by atoms with Gasteiger partial charge in [0.15, 0.2) is 0 Å². The third-order valence-corrected chi connectivity index (χ3v) is 3.71. The molecule has 0 spiro atoms. The predicted octanol–water partition coefficient (Wildman–Crippen LogP) is 2.41. The number of likely N-dealkylation sites (tertiary alicyclic amines) is 1. The van der Waals surface area contributed by atoms with E-state index in [2.05, 4.69) is 5.32 Å². The molecule has 1 aliphatic heterocycles. The molecule has 1 saturated heterocycles. The third-order valence-electron chi connectivity index (χ3n) is 3.71. The van der Waals surface area contributed by atoms with Crippen molar-refractivity contribution in [2.45, 2.75) is 38.6 Å². The van der Waals surface area contributed by atoms with E-state index in [9.17, 15) is 9.59 Å². The van der Waals surface area contributed by atoms with Gasteiger partial charge in [-0.15, -0.1) is 12.4 Å². The van der Waals surface area contributed by atoms with Crippen LogP contribution in [0.1, 0.15) is 43.0 Å². The van der Waals surface area contributed by atoms with Crippen LogP contribution < -0.4 is 11.1 Å². The monoisotopic (exact) mass is 325 g/mol. The number of amides is 2. The lowest BCUT2D eigenvalue weighted by Gasteiger charge is -2.20. The smallest absolute Gasteiger partial charge is 0.253 e. The van der Waals surface area contributed by atoms with Gasteiger partial charge in [-0.05, 0) is 44.0 Å². The van der Waals surface area contributed by atoms with E-state index in [1.54, 1.807) is 31.2 Å². The molecule has 1 atom stereocenters. The van der Waals surface area contributed by atoms with Crippen LogP contribution >= 0.6 is 12.4 Å². The molecule has 22 heavy (non-hydrogen) atoms. The van der Waals surface area contributed by atoms with Gasteiger partial charge >= 0.3 is 0 Å². The molecule has 122 valence electrons. The molecule has 1 aromatic carbocycles. The normalized spacial score (nSPS) is 16.2. The Hall–Kier alpha value is -1.59. The fraction of sp³-hybridized carbons (Fsp3) is 0.500. The maximum absolute atomic E-state index is 12.4. The number of nitrogens with zero attached hydrogens (tertiary/aromatic N) is 1. The van der Waals surface area contributed by atoms with Gasteiger partial charge in [0.25, 0.3) is 5.91 Å². The van der Waals surface area contributed by atoms with Crippen molar-refractivity contribution in [3.63, 3.8) is 0 Å². The van der Waals surface area contributed by atoms with Crippen molar-refractivity contribution < 1.29 is 9.59 Å². The van der Waals surface area contributed by atoms with Crippen LogP contribution in [-0.4, -0.2) is 35.8 Å². The Bertz CT molecular complexity index is 495. The van der Waals surface area contributed by atoms with Crippen LogP contribution in [0, 0.1) is 0 Å². The molecule has 1 aliphatic rings. The average Bonchev–Trinajstić information content (AvgIpc) is 2.76. The van der Waals surface area contributed by atoms with Gasteiger partial charge in [0, 0.05) is 24.3 Å². The van der Waals surface area contributed by atoms with Crippen molar-refractivity contribution in [2.24, 2.45) is 5.73 Å². The number of hydrogen-bond donors (Lipinski definition) is 2. The lowest BCUT2D eigenvalue weighted by Crippen LogP contribution is -2.33. The second kappa shape index (κ2) is 8.76. The first kappa shape index (κ1) is 18.5. The molecule has 0 saturated carbocycles. The van der Waals surface area contributed by atoms with Gasteiger partial charge in [-0.2, -0.15) is 0 Å². The van der Waals surface area contributed by atoms with Crippen molar-refractivity contribution >= 4 is 29.9 Å². The second-order valence-corrected chi connectivity index (χ2v) is 5.56. The maximum atomic E-state index is 12.4. The zero-order chi connectivity index (χ0) is 15.2. The number of hydrogen-bond acceptors (Lipinski definition) is 3. The molecule has 1 fully saturated rings. The summed E-state index contributed by atoms with van der Waals surface area (Å²) in [6.07, 6.45) is 4.56. The van der Waals surface area contributed by atoms with Gasteiger partial charge in [0.2, 0.25) is 5.91 Å². The molecule has 0 unspecified atom stereocenters. The van der Waals surface area contributed by atoms with Gasteiger partial charge in [-0.1, -0.05) is 12.8 Å². The predicted molar refractivity (Wildman–Crippen MR) is 90.3 cm³/mol. The molecule has 1 aromatic rings. The molecule has 5 nitrogen and oxygen atoms in total. The molecular weight excluding hydrogens is 302 g/mol. The summed E-state index contributed by atoms with van der Waals surface area (Å²) in [4.78, 5) is 25.8. The number of nitrogens with one attached hydrogen (secondary N) is 1. The number of anilines is 1. The number of nitrogens with two attached hydrogens (primary N) is 1. The summed E-state index contributed by atoms with van der Waals surface area (Å²) >= 11 is 0. The van der Waals surface area contributed by atoms with E-state index in [1.807, 2.05) is 4.90 Å². The summed E-state index contributed by atoms with van der Waals surface area (Å²) in [5, 5.41) is 2.71. The van der Waals surface area contributed by atoms with Crippen LogP contribution in [0.25, 0.3) is 0 Å². The first-order valence-electron chi connectivity index (χ1n) is 7.54. The summed E-state index contributed by atoms with van der Waals surface area (Å²) in [6.45, 7) is 3.30. The zero-order valence-electron chi connectivity index (χ0n) is 12.9. The first-order valence-corrected chi connectivity index (χ1v) is 7.54. The lowest BCUT2D eigenvalue weighted by atomic mass is 10.1. The number of benzene rings is 1. The van der Waals surface area contributed by atoms with Crippen molar-refractivity contribution in [2.75, 3.05) is 18.4 Å². The van der Waals surface area contributed by atoms with E-state index in [-0.39, 0.29) is 24.2 Å². The van der Waals surface area contributed by atoms with Gasteiger partial charge < -0.3 is 16.0 Å². The van der Waals surface area contributed by atoms with Crippen LogP contribution in [0.15, 0.2) is 24.3 Å². The highest BCUT2D eigenvalue weighted by molar-refractivity contribution is 5.97. The summed E-state index contributed by atoms with van der Waals surface area (Å²) in [5.74, 6) is -0.163. The van der Waals surface area contributed by atoms with E-state index in [4.69, 9.17) is 5.73 Å². The summed E-state index contributed by atoms with van der Waals surface area (Å²) in [7, 11) is 0. The molecule has 2 rings (SSSR count). The molecule has 0 radical (unpaired) electrons. The van der Waals surface area contributed by atoms with Crippen LogP contribution in [0.2, 0.25) is 0 Å². The number of carbonyl (C=O) groups is 2. The minimum Gasteiger partial charge on any atom is -0.339 e. The second-order valence-electron chi connectivity index (χ2n) is 5.56. The summed E-state index contributed by atoms with van der Waals surface area (Å²) < 4.78 is 0. The molecular formula is C16H24ClN3O2. The van der Waals surface area contributed by atoms with Crippen molar-refractivity contribution in [3.8, 4) is 0 Å². The highest BCUT2D eigenvalue weighted by atomic mass is 35.5. The maximum Gasteiger partial charge on any atom is 0.253 e. The van der Waals surface area contributed by atoms with Gasteiger partial charge in [0.1, 0.15) is 0 Å². The zero-order valence-corrected chi connectivity index (χ0v) is 13.7. The van der Waals surface area contributed by atoms with E-state index in [0.717, 1.165) is 25.9 Å². The molecule has 0 aliphatic carbocycles. The van der Waals surface area contributed by atoms with Gasteiger partial charge in [0.05, 0.1) is 6.04 Å². The Labute approximate surface area is 137 Å². The van der Waals surface area contributed by atoms with Crippen LogP contribution in [-0.2, 0) is 4.79 Å². The Kier molecular flexibility index (Phi) is 7.35. The van der Waals surface area contributed by atoms with E-state index < -0.39 is 6.04 Å². The van der Waals surface area contributed by atoms with Crippen molar-refractivity contribution in [3.05, 3.63) is 29.8 Å². The van der Waals surface area contributed by atoms with Crippen molar-refractivity contribution in [1.29, 1.82) is 0 Å². The van der Waals surface area contributed by atoms with Crippen molar-refractivity contribution in [1.82, 2.24) is 4.90 Å². The quantitative estimate of drug-likeness (QED) is 0.896. The molecule has 2 amide bonds. The van der Waals surface area contributed by atoms with Crippen LogP contribution in [0.4, 0.5) is 5.69 Å². The Balaban J connectivity index is 0.00000242. The minimum atomic E-state index is -0.552. The molecule has 0 bridgehead atoms. The number of carbonyl (C=O) groups excluding carboxylic acids is 2. The Morgan fingerprint density at radius 3 is 2.14 bits per heavy atom. The molecule has 3 N–H and O–H groups in total. The van der Waals surface area contributed by atoms with E-state index >= 15 is 0 Å². The van der Waals surface area contributed by atoms with E-state index in [0.29, 0.717) is 11.3 Å². The SMILES string of the molecule is C[C@H](N)C(=O)Nc1ccc(C(=O)N2CCCCCC2)cc1.Cl. The minimum absolute atomic E-state index is 0. The Morgan fingerprint density at radius 1 is 1.09 bits per heavy atom. The third kappa shape index (κ3) is 5.00. The molecule has 1 heterocycles. The van der Waals surface area contributed by atoms with Crippen LogP contribution in [0.5, 0.6) is 0 Å². The largest absolute Gasteiger partial charge is 0.339 e. The summed E-state index contributed by atoms with van der Waals surface area (Å²) in [5.41, 5.74) is 6.82. The fourth-order valence-electron chi connectivity index (χ4n) is 2.41. The van der Waals surface area contributed by atoms with Gasteiger partial charge in [-0.25, -0.2) is 0 Å². The fourth-order valence-corrected chi connectivity index (χ4v) is 2.41. The first-order chi connectivity index (χ1) is 10.1. The molecule has 0 aromatic heterocycles. The Morgan fingerprint density at radius 2 is 1.64 bits per heavy atom. The number of rotatable bonds is 3. The van der Waals surface area contributed by atoms with Gasteiger partial charge in [-0.3, -0.25) is 9.59 Å². The highest BCUT2D eigenvalue weighted by Crippen LogP contribution is 2.15. The number of halogens is 1. The topological polar surface area (TPSA) is 75.4 Å². The van der Waals surface area contributed by atoms with E-state index in [1.165, 1.54) is 12.8 Å².